The maximum atomic E-state index is 9.97. The van der Waals surface area contributed by atoms with Crippen molar-refractivity contribution in [1.29, 1.82) is 0 Å². The summed E-state index contributed by atoms with van der Waals surface area (Å²) in [5, 5.41) is 14.5. The molecule has 0 bridgehead atoms. The van der Waals surface area contributed by atoms with E-state index < -0.39 is 0 Å². The van der Waals surface area contributed by atoms with Crippen LogP contribution in [0.25, 0.3) is 16.6 Å². The molecule has 2 aromatic heterocycles. The van der Waals surface area contributed by atoms with Crippen LogP contribution in [0.1, 0.15) is 77.3 Å². The van der Waals surface area contributed by atoms with E-state index in [4.69, 9.17) is 4.98 Å². The van der Waals surface area contributed by atoms with Crippen LogP contribution in [0.3, 0.4) is 0 Å². The molecule has 1 aliphatic heterocycles. The molecule has 0 radical (unpaired) electrons. The summed E-state index contributed by atoms with van der Waals surface area (Å²) in [6, 6.07) is 0.984. The van der Waals surface area contributed by atoms with Crippen molar-refractivity contribution >= 4 is 22.6 Å². The van der Waals surface area contributed by atoms with Gasteiger partial charge >= 0.3 is 0 Å². The Morgan fingerprint density at radius 2 is 2.03 bits per heavy atom. The van der Waals surface area contributed by atoms with Crippen molar-refractivity contribution in [3.8, 4) is 0 Å². The Hall–Kier alpha value is -1.92. The van der Waals surface area contributed by atoms with Crippen molar-refractivity contribution in [2.24, 2.45) is 0 Å². The van der Waals surface area contributed by atoms with Crippen molar-refractivity contribution in [3.63, 3.8) is 0 Å². The monoisotopic (exact) mass is 411 g/mol. The summed E-state index contributed by atoms with van der Waals surface area (Å²) in [6.45, 7) is 9.74. The Bertz CT molecular complexity index is 879. The summed E-state index contributed by atoms with van der Waals surface area (Å²) >= 11 is 0. The molecule has 6 nitrogen and oxygen atoms in total. The summed E-state index contributed by atoms with van der Waals surface area (Å²) in [5.74, 6) is 0.723. The van der Waals surface area contributed by atoms with E-state index >= 15 is 0 Å². The van der Waals surface area contributed by atoms with Gasteiger partial charge in [0.2, 0.25) is 5.95 Å². The first-order valence-electron chi connectivity index (χ1n) is 11.8. The standard InChI is InChI=1S/C24H37N5O/c1-4-5-12-25-24-26-15-21-22(18-10-13-28(14-11-18)17(2)3)16-29(23(21)27-24)19-6-8-20(30)9-7-19/h10,15-17,19-20,30H,4-9,11-14H2,1-3H3,(H,25,26,27)/t19-,20-. The van der Waals surface area contributed by atoms with E-state index in [-0.39, 0.29) is 6.10 Å². The Balaban J connectivity index is 1.68. The smallest absolute Gasteiger partial charge is 0.224 e. The lowest BCUT2D eigenvalue weighted by Crippen LogP contribution is -2.34. The number of rotatable bonds is 7. The first-order chi connectivity index (χ1) is 14.6. The second-order valence-electron chi connectivity index (χ2n) is 9.19. The summed E-state index contributed by atoms with van der Waals surface area (Å²) in [4.78, 5) is 12.1. The number of aromatic nitrogens is 3. The summed E-state index contributed by atoms with van der Waals surface area (Å²) in [7, 11) is 0. The predicted octanol–water partition coefficient (Wildman–Crippen LogP) is 4.62. The molecule has 2 aromatic rings. The molecule has 164 valence electrons. The fourth-order valence-corrected chi connectivity index (χ4v) is 4.76. The van der Waals surface area contributed by atoms with Crippen LogP contribution in [0.4, 0.5) is 5.95 Å². The molecule has 30 heavy (non-hydrogen) atoms. The minimum Gasteiger partial charge on any atom is -0.393 e. The molecule has 2 aliphatic rings. The van der Waals surface area contributed by atoms with Crippen LogP contribution in [-0.4, -0.2) is 56.3 Å². The van der Waals surface area contributed by atoms with Gasteiger partial charge in [-0.2, -0.15) is 4.98 Å². The fraction of sp³-hybridized carbons (Fsp3) is 0.667. The van der Waals surface area contributed by atoms with Crippen molar-refractivity contribution in [1.82, 2.24) is 19.4 Å². The second kappa shape index (κ2) is 9.48. The number of hydrogen-bond acceptors (Lipinski definition) is 5. The maximum absolute atomic E-state index is 9.97. The molecule has 1 fully saturated rings. The van der Waals surface area contributed by atoms with Gasteiger partial charge in [-0.05, 0) is 57.9 Å². The zero-order chi connectivity index (χ0) is 21.1. The maximum Gasteiger partial charge on any atom is 0.224 e. The minimum atomic E-state index is -0.147. The van der Waals surface area contributed by atoms with Gasteiger partial charge in [0.1, 0.15) is 5.65 Å². The number of aliphatic hydroxyl groups is 1. The number of fused-ring (bicyclic) bond motifs is 1. The molecule has 0 spiro atoms. The highest BCUT2D eigenvalue weighted by Crippen LogP contribution is 2.36. The molecular formula is C24H37N5O. The third-order valence-electron chi connectivity index (χ3n) is 6.76. The molecule has 0 unspecified atom stereocenters. The molecule has 4 rings (SSSR count). The van der Waals surface area contributed by atoms with Crippen molar-refractivity contribution < 1.29 is 5.11 Å². The van der Waals surface area contributed by atoms with Gasteiger partial charge < -0.3 is 15.0 Å². The summed E-state index contributed by atoms with van der Waals surface area (Å²) in [6.07, 6.45) is 13.7. The Kier molecular flexibility index (Phi) is 6.74. The van der Waals surface area contributed by atoms with Crippen LogP contribution in [0.5, 0.6) is 0 Å². The molecule has 0 aromatic carbocycles. The topological polar surface area (TPSA) is 66.2 Å². The third-order valence-corrected chi connectivity index (χ3v) is 6.76. The quantitative estimate of drug-likeness (QED) is 0.651. The van der Waals surface area contributed by atoms with Crippen molar-refractivity contribution in [2.75, 3.05) is 25.0 Å². The highest BCUT2D eigenvalue weighted by molar-refractivity contribution is 5.91. The molecule has 0 atom stereocenters. The van der Waals surface area contributed by atoms with Crippen LogP contribution in [0.15, 0.2) is 18.5 Å². The second-order valence-corrected chi connectivity index (χ2v) is 9.19. The SMILES string of the molecule is CCCCNc1ncc2c(C3=CCN(C(C)C)CC3)cn([C@H]3CC[C@H](O)CC3)c2n1. The van der Waals surface area contributed by atoms with Gasteiger partial charge in [-0.1, -0.05) is 19.4 Å². The average molecular weight is 412 g/mol. The zero-order valence-corrected chi connectivity index (χ0v) is 18.8. The van der Waals surface area contributed by atoms with E-state index in [1.165, 1.54) is 11.1 Å². The lowest BCUT2D eigenvalue weighted by molar-refractivity contribution is 0.111. The minimum absolute atomic E-state index is 0.147. The normalized spacial score (nSPS) is 23.2. The predicted molar refractivity (Wildman–Crippen MR) is 124 cm³/mol. The van der Waals surface area contributed by atoms with Crippen molar-refractivity contribution in [2.45, 2.75) is 83.9 Å². The lowest BCUT2D eigenvalue weighted by atomic mass is 9.93. The Morgan fingerprint density at radius 1 is 1.23 bits per heavy atom. The highest BCUT2D eigenvalue weighted by Gasteiger charge is 2.25. The zero-order valence-electron chi connectivity index (χ0n) is 18.8. The van der Waals surface area contributed by atoms with E-state index in [1.54, 1.807) is 0 Å². The van der Waals surface area contributed by atoms with Crippen LogP contribution in [0, 0.1) is 0 Å². The van der Waals surface area contributed by atoms with Crippen LogP contribution < -0.4 is 5.32 Å². The van der Waals surface area contributed by atoms with E-state index in [1.807, 2.05) is 6.20 Å². The lowest BCUT2D eigenvalue weighted by Gasteiger charge is -2.29. The van der Waals surface area contributed by atoms with Crippen LogP contribution >= 0.6 is 0 Å². The number of anilines is 1. The van der Waals surface area contributed by atoms with Gasteiger partial charge in [0.05, 0.1) is 6.10 Å². The molecular weight excluding hydrogens is 374 g/mol. The molecule has 2 N–H and O–H groups in total. The Labute approximate surface area is 180 Å². The van der Waals surface area contributed by atoms with Gasteiger partial charge in [0.15, 0.2) is 0 Å². The number of hydrogen-bond donors (Lipinski definition) is 2. The molecule has 6 heteroatoms. The first-order valence-corrected chi connectivity index (χ1v) is 11.8. The number of unbranched alkanes of at least 4 members (excludes halogenated alkanes) is 1. The largest absolute Gasteiger partial charge is 0.393 e. The first kappa shape index (κ1) is 21.3. The number of nitrogens with zero attached hydrogens (tertiary/aromatic N) is 4. The highest BCUT2D eigenvalue weighted by atomic mass is 16.3. The van der Waals surface area contributed by atoms with E-state index in [2.05, 4.69) is 52.8 Å². The van der Waals surface area contributed by atoms with Crippen LogP contribution in [0.2, 0.25) is 0 Å². The third kappa shape index (κ3) is 4.54. The fourth-order valence-electron chi connectivity index (χ4n) is 4.76. The van der Waals surface area contributed by atoms with E-state index in [0.717, 1.165) is 81.6 Å². The van der Waals surface area contributed by atoms with E-state index in [0.29, 0.717) is 12.1 Å². The van der Waals surface area contributed by atoms with Gasteiger partial charge in [0.25, 0.3) is 0 Å². The average Bonchev–Trinajstić information content (AvgIpc) is 3.13. The molecule has 0 saturated heterocycles. The number of nitrogens with one attached hydrogen (secondary N) is 1. The molecule has 1 saturated carbocycles. The number of aliphatic hydroxyl groups excluding tert-OH is 1. The molecule has 3 heterocycles. The molecule has 0 amide bonds. The Morgan fingerprint density at radius 3 is 2.70 bits per heavy atom. The van der Waals surface area contributed by atoms with Gasteiger partial charge in [-0.15, -0.1) is 0 Å². The molecule has 1 aliphatic carbocycles. The van der Waals surface area contributed by atoms with E-state index in [9.17, 15) is 5.11 Å². The summed E-state index contributed by atoms with van der Waals surface area (Å²) < 4.78 is 2.37. The summed E-state index contributed by atoms with van der Waals surface area (Å²) in [5.41, 5.74) is 3.74. The van der Waals surface area contributed by atoms with Gasteiger partial charge in [0, 0.05) is 55.1 Å². The van der Waals surface area contributed by atoms with Gasteiger partial charge in [-0.3, -0.25) is 4.90 Å². The van der Waals surface area contributed by atoms with Crippen LogP contribution in [-0.2, 0) is 0 Å². The van der Waals surface area contributed by atoms with Crippen molar-refractivity contribution in [3.05, 3.63) is 24.0 Å². The van der Waals surface area contributed by atoms with Gasteiger partial charge in [-0.25, -0.2) is 4.98 Å².